The van der Waals surface area contributed by atoms with Crippen LogP contribution in [0.4, 0.5) is 0 Å². The average molecular weight is 332 g/mol. The van der Waals surface area contributed by atoms with E-state index in [0.717, 1.165) is 10.1 Å². The van der Waals surface area contributed by atoms with E-state index in [2.05, 4.69) is 5.32 Å². The Kier molecular flexibility index (Phi) is 4.93. The van der Waals surface area contributed by atoms with Crippen molar-refractivity contribution in [1.29, 1.82) is 0 Å². The molecule has 2 aromatic rings. The zero-order valence-electron chi connectivity index (χ0n) is 13.1. The van der Waals surface area contributed by atoms with E-state index in [0.29, 0.717) is 37.5 Å². The number of thiophene rings is 1. The third-order valence-corrected chi connectivity index (χ3v) is 5.18. The molecule has 0 unspecified atom stereocenters. The molecule has 0 spiro atoms. The molecule has 1 aliphatic heterocycles. The minimum atomic E-state index is -0.0611. The predicted octanol–water partition coefficient (Wildman–Crippen LogP) is 2.13. The number of hydrogen-bond acceptors (Lipinski definition) is 4. The summed E-state index contributed by atoms with van der Waals surface area (Å²) in [5, 5.41) is 4.05. The van der Waals surface area contributed by atoms with Gasteiger partial charge in [0.05, 0.1) is 11.5 Å². The van der Waals surface area contributed by atoms with Gasteiger partial charge in [0.15, 0.2) is 0 Å². The molecule has 5 nitrogen and oxygen atoms in total. The van der Waals surface area contributed by atoms with Crippen molar-refractivity contribution >= 4 is 33.2 Å². The van der Waals surface area contributed by atoms with Crippen molar-refractivity contribution < 1.29 is 14.3 Å². The van der Waals surface area contributed by atoms with E-state index >= 15 is 0 Å². The number of carbonyl (C=O) groups excluding carboxylic acids is 2. The van der Waals surface area contributed by atoms with Gasteiger partial charge in [0, 0.05) is 43.8 Å². The van der Waals surface area contributed by atoms with Gasteiger partial charge in [0.25, 0.3) is 5.91 Å². The van der Waals surface area contributed by atoms with Crippen LogP contribution in [0.5, 0.6) is 0 Å². The second-order valence-electron chi connectivity index (χ2n) is 5.76. The molecule has 1 aliphatic rings. The Morgan fingerprint density at radius 3 is 3.04 bits per heavy atom. The fraction of sp³-hybridized carbons (Fsp3) is 0.412. The summed E-state index contributed by atoms with van der Waals surface area (Å²) in [6.07, 6.45) is 0.496. The molecule has 23 heavy (non-hydrogen) atoms. The van der Waals surface area contributed by atoms with Crippen LogP contribution in [0.15, 0.2) is 30.3 Å². The van der Waals surface area contributed by atoms with Gasteiger partial charge in [-0.05, 0) is 17.5 Å². The Labute approximate surface area is 139 Å². The second kappa shape index (κ2) is 7.10. The van der Waals surface area contributed by atoms with E-state index < -0.39 is 0 Å². The number of benzene rings is 1. The lowest BCUT2D eigenvalue weighted by Gasteiger charge is -2.16. The minimum absolute atomic E-state index is 0.0611. The van der Waals surface area contributed by atoms with Crippen LogP contribution in [0, 0.1) is 5.92 Å². The Balaban J connectivity index is 1.54. The number of nitrogens with one attached hydrogen (secondary N) is 1. The van der Waals surface area contributed by atoms with Crippen LogP contribution in [0.2, 0.25) is 0 Å². The summed E-state index contributed by atoms with van der Waals surface area (Å²) in [6, 6.07) is 9.88. The number of carbonyl (C=O) groups is 2. The van der Waals surface area contributed by atoms with Gasteiger partial charge < -0.3 is 15.0 Å². The smallest absolute Gasteiger partial charge is 0.261 e. The minimum Gasteiger partial charge on any atom is -0.383 e. The molecule has 1 fully saturated rings. The van der Waals surface area contributed by atoms with E-state index in [4.69, 9.17) is 4.74 Å². The lowest BCUT2D eigenvalue weighted by molar-refractivity contribution is -0.128. The number of methoxy groups -OCH3 is 1. The molecule has 1 atom stereocenters. The fourth-order valence-corrected chi connectivity index (χ4v) is 3.81. The molecule has 2 amide bonds. The second-order valence-corrected chi connectivity index (χ2v) is 6.84. The molecule has 3 rings (SSSR count). The first-order chi connectivity index (χ1) is 11.2. The summed E-state index contributed by atoms with van der Waals surface area (Å²) in [7, 11) is 1.63. The first-order valence-corrected chi connectivity index (χ1v) is 8.52. The van der Waals surface area contributed by atoms with E-state index in [1.807, 2.05) is 30.3 Å². The number of amides is 2. The molecular formula is C17H20N2O3S. The van der Waals surface area contributed by atoms with Crippen molar-refractivity contribution in [3.8, 4) is 0 Å². The van der Waals surface area contributed by atoms with Gasteiger partial charge in [-0.3, -0.25) is 9.59 Å². The zero-order valence-corrected chi connectivity index (χ0v) is 13.9. The van der Waals surface area contributed by atoms with Gasteiger partial charge in [0.2, 0.25) is 5.91 Å². The van der Waals surface area contributed by atoms with Crippen LogP contribution in [0.1, 0.15) is 16.1 Å². The van der Waals surface area contributed by atoms with E-state index in [9.17, 15) is 9.59 Å². The summed E-state index contributed by atoms with van der Waals surface area (Å²) in [4.78, 5) is 26.7. The summed E-state index contributed by atoms with van der Waals surface area (Å²) < 4.78 is 6.12. The third kappa shape index (κ3) is 3.71. The standard InChI is InChI=1S/C17H20N2O3S/c1-22-7-6-19-11-12(8-16(19)20)10-18-17(21)15-9-13-4-2-3-5-14(13)23-15/h2-5,9,12H,6-8,10-11H2,1H3,(H,18,21)/t12-/m1/s1. The number of likely N-dealkylation sites (tertiary alicyclic amines) is 1. The van der Waals surface area contributed by atoms with Gasteiger partial charge in [-0.2, -0.15) is 0 Å². The van der Waals surface area contributed by atoms with Crippen LogP contribution in [0.25, 0.3) is 10.1 Å². The Morgan fingerprint density at radius 1 is 1.43 bits per heavy atom. The van der Waals surface area contributed by atoms with Crippen molar-refractivity contribution in [3.05, 3.63) is 35.2 Å². The largest absolute Gasteiger partial charge is 0.383 e. The lowest BCUT2D eigenvalue weighted by Crippen LogP contribution is -2.32. The predicted molar refractivity (Wildman–Crippen MR) is 90.7 cm³/mol. The average Bonchev–Trinajstić information content (AvgIpc) is 3.14. The highest BCUT2D eigenvalue weighted by molar-refractivity contribution is 7.20. The number of nitrogens with zero attached hydrogens (tertiary/aromatic N) is 1. The van der Waals surface area contributed by atoms with Gasteiger partial charge in [-0.15, -0.1) is 11.3 Å². The molecule has 2 heterocycles. The molecule has 1 aromatic carbocycles. The van der Waals surface area contributed by atoms with E-state index in [1.165, 1.54) is 11.3 Å². The van der Waals surface area contributed by atoms with Gasteiger partial charge >= 0.3 is 0 Å². The molecule has 1 aromatic heterocycles. The van der Waals surface area contributed by atoms with Gasteiger partial charge in [0.1, 0.15) is 0 Å². The maximum Gasteiger partial charge on any atom is 0.261 e. The summed E-state index contributed by atoms with van der Waals surface area (Å²) >= 11 is 1.49. The SMILES string of the molecule is COCCN1C[C@@H](CNC(=O)c2cc3ccccc3s2)CC1=O. The fourth-order valence-electron chi connectivity index (χ4n) is 2.83. The maximum atomic E-state index is 12.3. The Hall–Kier alpha value is -1.92. The van der Waals surface area contributed by atoms with Gasteiger partial charge in [-0.1, -0.05) is 18.2 Å². The highest BCUT2D eigenvalue weighted by Crippen LogP contribution is 2.25. The highest BCUT2D eigenvalue weighted by atomic mass is 32.1. The van der Waals surface area contributed by atoms with Crippen LogP contribution in [-0.4, -0.2) is 50.1 Å². The molecule has 1 N–H and O–H groups in total. The van der Waals surface area contributed by atoms with E-state index in [1.54, 1.807) is 12.0 Å². The molecule has 1 saturated heterocycles. The van der Waals surface area contributed by atoms with Gasteiger partial charge in [-0.25, -0.2) is 0 Å². The molecule has 122 valence electrons. The normalized spacial score (nSPS) is 17.9. The van der Waals surface area contributed by atoms with Crippen molar-refractivity contribution in [2.45, 2.75) is 6.42 Å². The maximum absolute atomic E-state index is 12.3. The molecule has 6 heteroatoms. The van der Waals surface area contributed by atoms with E-state index in [-0.39, 0.29) is 17.7 Å². The molecule has 0 aliphatic carbocycles. The summed E-state index contributed by atoms with van der Waals surface area (Å²) in [5.41, 5.74) is 0. The van der Waals surface area contributed by atoms with Crippen molar-refractivity contribution in [2.75, 3.05) is 33.4 Å². The number of rotatable bonds is 6. The Bertz CT molecular complexity index is 680. The topological polar surface area (TPSA) is 58.6 Å². The molecule has 0 saturated carbocycles. The quantitative estimate of drug-likeness (QED) is 0.881. The monoisotopic (exact) mass is 332 g/mol. The van der Waals surface area contributed by atoms with Crippen molar-refractivity contribution in [2.24, 2.45) is 5.92 Å². The molecule has 0 bridgehead atoms. The number of ether oxygens (including phenoxy) is 1. The van der Waals surface area contributed by atoms with Crippen LogP contribution in [0.3, 0.4) is 0 Å². The highest BCUT2D eigenvalue weighted by Gasteiger charge is 2.29. The van der Waals surface area contributed by atoms with Crippen molar-refractivity contribution in [3.63, 3.8) is 0 Å². The zero-order chi connectivity index (χ0) is 16.2. The third-order valence-electron chi connectivity index (χ3n) is 4.06. The van der Waals surface area contributed by atoms with Crippen LogP contribution >= 0.6 is 11.3 Å². The molecule has 0 radical (unpaired) electrons. The molecular weight excluding hydrogens is 312 g/mol. The van der Waals surface area contributed by atoms with Crippen LogP contribution in [-0.2, 0) is 9.53 Å². The first-order valence-electron chi connectivity index (χ1n) is 7.71. The summed E-state index contributed by atoms with van der Waals surface area (Å²) in [5.74, 6) is 0.259. The lowest BCUT2D eigenvalue weighted by atomic mass is 10.1. The summed E-state index contributed by atoms with van der Waals surface area (Å²) in [6.45, 7) is 2.39. The number of fused-ring (bicyclic) bond motifs is 1. The number of hydrogen-bond donors (Lipinski definition) is 1. The Morgan fingerprint density at radius 2 is 2.26 bits per heavy atom. The van der Waals surface area contributed by atoms with Crippen molar-refractivity contribution in [1.82, 2.24) is 10.2 Å². The first kappa shape index (κ1) is 16.0. The van der Waals surface area contributed by atoms with Crippen LogP contribution < -0.4 is 5.32 Å².